The van der Waals surface area contributed by atoms with E-state index in [9.17, 15) is 4.79 Å². The Kier molecular flexibility index (Phi) is 7.27. The summed E-state index contributed by atoms with van der Waals surface area (Å²) in [4.78, 5) is 26.6. The van der Waals surface area contributed by atoms with Crippen LogP contribution in [0.3, 0.4) is 0 Å². The third kappa shape index (κ3) is 5.65. The topological polar surface area (TPSA) is 71.0 Å². The molecule has 0 aliphatic heterocycles. The van der Waals surface area contributed by atoms with Gasteiger partial charge in [0.25, 0.3) is 0 Å². The Balaban J connectivity index is 1.90. The van der Waals surface area contributed by atoms with E-state index in [0.717, 1.165) is 24.5 Å². The second-order valence-electron chi connectivity index (χ2n) is 4.92. The van der Waals surface area contributed by atoms with Crippen LogP contribution in [0.15, 0.2) is 35.7 Å². The molecule has 6 nitrogen and oxygen atoms in total. The predicted molar refractivity (Wildman–Crippen MR) is 97.4 cm³/mol. The number of halogens is 1. The lowest BCUT2D eigenvalue weighted by molar-refractivity contribution is -0.118. The van der Waals surface area contributed by atoms with Gasteiger partial charge in [-0.1, -0.05) is 23.4 Å². The number of nitrogens with zero attached hydrogens (tertiary/aromatic N) is 4. The van der Waals surface area contributed by atoms with Gasteiger partial charge in [-0.3, -0.25) is 9.78 Å². The molecule has 0 fully saturated rings. The van der Waals surface area contributed by atoms with Crippen molar-refractivity contribution in [3.05, 3.63) is 41.3 Å². The van der Waals surface area contributed by atoms with Gasteiger partial charge in [-0.15, -0.1) is 0 Å². The molecule has 24 heavy (non-hydrogen) atoms. The second kappa shape index (κ2) is 9.44. The fraction of sp³-hybridized carbons (Fsp3) is 0.375. The molecule has 128 valence electrons. The Labute approximate surface area is 151 Å². The number of hydrogen-bond donors (Lipinski definition) is 1. The number of hydrogen-bond acceptors (Lipinski definition) is 6. The van der Waals surface area contributed by atoms with Crippen LogP contribution >= 0.6 is 23.4 Å². The smallest absolute Gasteiger partial charge is 0.230 e. The highest BCUT2D eigenvalue weighted by Gasteiger charge is 2.10. The largest absolute Gasteiger partial charge is 0.357 e. The zero-order valence-electron chi connectivity index (χ0n) is 13.7. The van der Waals surface area contributed by atoms with Crippen molar-refractivity contribution in [2.24, 2.45) is 0 Å². The maximum Gasteiger partial charge on any atom is 0.230 e. The molecular formula is C16H20ClN5OS. The van der Waals surface area contributed by atoms with Crippen molar-refractivity contribution < 1.29 is 4.79 Å². The number of anilines is 1. The summed E-state index contributed by atoms with van der Waals surface area (Å²) >= 11 is 7.34. The van der Waals surface area contributed by atoms with Gasteiger partial charge >= 0.3 is 0 Å². The molecule has 0 atom stereocenters. The summed E-state index contributed by atoms with van der Waals surface area (Å²) in [7, 11) is 0. The number of nitrogens with one attached hydrogen (secondary N) is 1. The molecule has 8 heteroatoms. The first-order chi connectivity index (χ1) is 11.6. The van der Waals surface area contributed by atoms with Gasteiger partial charge in [0.1, 0.15) is 11.0 Å². The molecule has 0 aliphatic carbocycles. The van der Waals surface area contributed by atoms with E-state index >= 15 is 0 Å². The number of thioether (sulfide) groups is 1. The molecule has 0 spiro atoms. The molecule has 2 aromatic heterocycles. The maximum atomic E-state index is 12.0. The SMILES string of the molecule is CCN(CC)c1cc(Cl)nc(SCC(=O)NCc2ccncc2)n1. The van der Waals surface area contributed by atoms with Crippen LogP contribution in [0.4, 0.5) is 5.82 Å². The molecular weight excluding hydrogens is 346 g/mol. The fourth-order valence-corrected chi connectivity index (χ4v) is 2.95. The standard InChI is InChI=1S/C16H20ClN5OS/c1-3-22(4-2)14-9-13(17)20-16(21-14)24-11-15(23)19-10-12-5-7-18-8-6-12/h5-9H,3-4,10-11H2,1-2H3,(H,19,23). The van der Waals surface area contributed by atoms with Crippen molar-refractivity contribution in [2.45, 2.75) is 25.5 Å². The van der Waals surface area contributed by atoms with Crippen molar-refractivity contribution in [2.75, 3.05) is 23.7 Å². The van der Waals surface area contributed by atoms with Crippen LogP contribution in [0.2, 0.25) is 5.15 Å². The molecule has 2 rings (SSSR count). The van der Waals surface area contributed by atoms with E-state index in [0.29, 0.717) is 16.9 Å². The highest BCUT2D eigenvalue weighted by molar-refractivity contribution is 7.99. The Morgan fingerprint density at radius 3 is 2.62 bits per heavy atom. The quantitative estimate of drug-likeness (QED) is 0.440. The monoisotopic (exact) mass is 365 g/mol. The number of amides is 1. The van der Waals surface area contributed by atoms with Gasteiger partial charge in [-0.25, -0.2) is 9.97 Å². The second-order valence-corrected chi connectivity index (χ2v) is 6.25. The van der Waals surface area contributed by atoms with Gasteiger partial charge in [0.15, 0.2) is 5.16 Å². The lowest BCUT2D eigenvalue weighted by Gasteiger charge is -2.20. The van der Waals surface area contributed by atoms with Crippen LogP contribution in [0.25, 0.3) is 0 Å². The summed E-state index contributed by atoms with van der Waals surface area (Å²) in [6.07, 6.45) is 3.40. The zero-order chi connectivity index (χ0) is 17.4. The first-order valence-electron chi connectivity index (χ1n) is 7.70. The molecule has 1 amide bonds. The molecule has 2 heterocycles. The van der Waals surface area contributed by atoms with Crippen LogP contribution in [0.1, 0.15) is 19.4 Å². The van der Waals surface area contributed by atoms with Gasteiger partial charge < -0.3 is 10.2 Å². The third-order valence-electron chi connectivity index (χ3n) is 3.32. The van der Waals surface area contributed by atoms with Crippen molar-refractivity contribution in [1.29, 1.82) is 0 Å². The first kappa shape index (κ1) is 18.5. The van der Waals surface area contributed by atoms with Crippen LogP contribution in [-0.4, -0.2) is 39.7 Å². The predicted octanol–water partition coefficient (Wildman–Crippen LogP) is 2.78. The van der Waals surface area contributed by atoms with Crippen LogP contribution in [0, 0.1) is 0 Å². The van der Waals surface area contributed by atoms with Crippen molar-refractivity contribution >= 4 is 35.1 Å². The molecule has 1 N–H and O–H groups in total. The molecule has 0 aliphatic rings. The van der Waals surface area contributed by atoms with E-state index in [4.69, 9.17) is 11.6 Å². The van der Waals surface area contributed by atoms with E-state index < -0.39 is 0 Å². The van der Waals surface area contributed by atoms with Crippen molar-refractivity contribution in [3.8, 4) is 0 Å². The molecule has 0 aromatic carbocycles. The average Bonchev–Trinajstić information content (AvgIpc) is 2.60. The minimum Gasteiger partial charge on any atom is -0.357 e. The lowest BCUT2D eigenvalue weighted by Crippen LogP contribution is -2.25. The third-order valence-corrected chi connectivity index (χ3v) is 4.36. The Morgan fingerprint density at radius 2 is 1.96 bits per heavy atom. The van der Waals surface area contributed by atoms with E-state index in [1.165, 1.54) is 11.8 Å². The Bertz CT molecular complexity index is 667. The van der Waals surface area contributed by atoms with Gasteiger partial charge in [-0.2, -0.15) is 0 Å². The number of aromatic nitrogens is 3. The minimum absolute atomic E-state index is 0.0789. The summed E-state index contributed by atoms with van der Waals surface area (Å²) in [6, 6.07) is 5.47. The fourth-order valence-electron chi connectivity index (χ4n) is 2.04. The first-order valence-corrected chi connectivity index (χ1v) is 9.06. The van der Waals surface area contributed by atoms with Gasteiger partial charge in [0.2, 0.25) is 5.91 Å². The molecule has 2 aromatic rings. The van der Waals surface area contributed by atoms with Crippen LogP contribution < -0.4 is 10.2 Å². The number of rotatable bonds is 8. The lowest BCUT2D eigenvalue weighted by atomic mass is 10.3. The average molecular weight is 366 g/mol. The number of pyridine rings is 1. The normalized spacial score (nSPS) is 10.5. The summed E-state index contributed by atoms with van der Waals surface area (Å²) in [5.74, 6) is 0.938. The van der Waals surface area contributed by atoms with Crippen molar-refractivity contribution in [1.82, 2.24) is 20.3 Å². The Morgan fingerprint density at radius 1 is 1.25 bits per heavy atom. The van der Waals surface area contributed by atoms with E-state index in [1.807, 2.05) is 12.1 Å². The highest BCUT2D eigenvalue weighted by atomic mass is 35.5. The van der Waals surface area contributed by atoms with Crippen LogP contribution in [-0.2, 0) is 11.3 Å². The molecule has 0 saturated heterocycles. The Hall–Kier alpha value is -1.86. The highest BCUT2D eigenvalue weighted by Crippen LogP contribution is 2.21. The van der Waals surface area contributed by atoms with E-state index in [1.54, 1.807) is 18.5 Å². The number of carbonyl (C=O) groups excluding carboxylic acids is 1. The maximum absolute atomic E-state index is 12.0. The minimum atomic E-state index is -0.0789. The number of carbonyl (C=O) groups is 1. The summed E-state index contributed by atoms with van der Waals surface area (Å²) in [6.45, 7) is 6.25. The summed E-state index contributed by atoms with van der Waals surface area (Å²) in [5, 5.41) is 3.74. The molecule has 0 saturated carbocycles. The summed E-state index contributed by atoms with van der Waals surface area (Å²) < 4.78 is 0. The van der Waals surface area contributed by atoms with E-state index in [-0.39, 0.29) is 11.7 Å². The molecule has 0 bridgehead atoms. The molecule has 0 radical (unpaired) electrons. The van der Waals surface area contributed by atoms with Crippen LogP contribution in [0.5, 0.6) is 0 Å². The summed E-state index contributed by atoms with van der Waals surface area (Å²) in [5.41, 5.74) is 1.01. The van der Waals surface area contributed by atoms with Gasteiger partial charge in [-0.05, 0) is 31.5 Å². The van der Waals surface area contributed by atoms with Crippen molar-refractivity contribution in [3.63, 3.8) is 0 Å². The van der Waals surface area contributed by atoms with Gasteiger partial charge in [0, 0.05) is 38.1 Å². The van der Waals surface area contributed by atoms with E-state index in [2.05, 4.69) is 39.0 Å². The van der Waals surface area contributed by atoms with Gasteiger partial charge in [0.05, 0.1) is 5.75 Å². The zero-order valence-corrected chi connectivity index (χ0v) is 15.3. The molecule has 0 unspecified atom stereocenters.